The second-order valence-electron chi connectivity index (χ2n) is 4.12. The van der Waals surface area contributed by atoms with E-state index in [9.17, 15) is 19.2 Å². The minimum Gasteiger partial charge on any atom is -0.480 e. The van der Waals surface area contributed by atoms with Crippen LogP contribution in [-0.4, -0.2) is 71.4 Å². The number of carbonyl (C=O) groups excluding carboxylic acids is 3. The van der Waals surface area contributed by atoms with E-state index in [2.05, 4.69) is 5.32 Å². The molecule has 1 fully saturated rings. The van der Waals surface area contributed by atoms with Crippen LogP contribution in [0.25, 0.3) is 0 Å². The van der Waals surface area contributed by atoms with Crippen LogP contribution in [-0.2, 0) is 14.4 Å². The number of primary amides is 1. The van der Waals surface area contributed by atoms with Crippen molar-refractivity contribution in [3.8, 4) is 0 Å². The topological polar surface area (TPSA) is 133 Å². The molecule has 9 nitrogen and oxygen atoms in total. The molecule has 0 aromatic carbocycles. The van der Waals surface area contributed by atoms with Gasteiger partial charge in [0.05, 0.1) is 0 Å². The number of carboxylic acid groups (broad SMARTS) is 1. The van der Waals surface area contributed by atoms with Crippen LogP contribution in [0.4, 0.5) is 4.79 Å². The Morgan fingerprint density at radius 2 is 2.05 bits per heavy atom. The summed E-state index contributed by atoms with van der Waals surface area (Å²) in [6.07, 6.45) is 0.564. The molecule has 0 bridgehead atoms. The number of amides is 4. The third-order valence-corrected chi connectivity index (χ3v) is 2.48. The molecule has 0 aromatic heterocycles. The predicted octanol–water partition coefficient (Wildman–Crippen LogP) is -2.20. The molecule has 0 unspecified atom stereocenters. The molecule has 0 atom stereocenters. The van der Waals surface area contributed by atoms with Crippen LogP contribution in [0.3, 0.4) is 0 Å². The molecule has 1 heterocycles. The molecule has 19 heavy (non-hydrogen) atoms. The Morgan fingerprint density at radius 3 is 2.63 bits per heavy atom. The quantitative estimate of drug-likeness (QED) is 0.534. The molecule has 9 heteroatoms. The molecule has 4 amide bonds. The van der Waals surface area contributed by atoms with Crippen LogP contribution < -0.4 is 11.1 Å². The van der Waals surface area contributed by atoms with Gasteiger partial charge in [-0.25, -0.2) is 4.79 Å². The summed E-state index contributed by atoms with van der Waals surface area (Å²) in [5.74, 6) is -2.39. The molecule has 0 saturated carbocycles. The van der Waals surface area contributed by atoms with Crippen molar-refractivity contribution in [3.63, 3.8) is 0 Å². The highest BCUT2D eigenvalue weighted by atomic mass is 16.4. The lowest BCUT2D eigenvalue weighted by Crippen LogP contribution is -2.50. The molecule has 1 saturated heterocycles. The first-order chi connectivity index (χ1) is 8.90. The van der Waals surface area contributed by atoms with Crippen LogP contribution in [0.1, 0.15) is 6.42 Å². The minimum absolute atomic E-state index is 0.159. The molecule has 4 N–H and O–H groups in total. The van der Waals surface area contributed by atoms with Crippen molar-refractivity contribution in [2.24, 2.45) is 5.73 Å². The van der Waals surface area contributed by atoms with Crippen LogP contribution in [0.5, 0.6) is 0 Å². The average molecular weight is 272 g/mol. The van der Waals surface area contributed by atoms with Gasteiger partial charge in [0.15, 0.2) is 0 Å². The number of urea groups is 1. The number of nitrogens with two attached hydrogens (primary N) is 1. The third-order valence-electron chi connectivity index (χ3n) is 2.48. The lowest BCUT2D eigenvalue weighted by Gasteiger charge is -2.27. The standard InChI is InChI=1S/C10H16N4O5/c11-7(15)4-14(6-9(17)18)10(19)13-3-1-2-12-8(16)5-13/h1-6H2,(H2,11,15)(H,12,16)(H,17,18). The van der Waals surface area contributed by atoms with Gasteiger partial charge in [-0.3, -0.25) is 14.4 Å². The maximum atomic E-state index is 12.1. The molecule has 1 aliphatic rings. The van der Waals surface area contributed by atoms with Gasteiger partial charge in [0, 0.05) is 13.1 Å². The maximum Gasteiger partial charge on any atom is 0.323 e. The fourth-order valence-electron chi connectivity index (χ4n) is 1.71. The number of carbonyl (C=O) groups is 4. The highest BCUT2D eigenvalue weighted by Gasteiger charge is 2.26. The van der Waals surface area contributed by atoms with Crippen molar-refractivity contribution in [1.82, 2.24) is 15.1 Å². The van der Waals surface area contributed by atoms with Crippen LogP contribution in [0, 0.1) is 0 Å². The predicted molar refractivity (Wildman–Crippen MR) is 63.0 cm³/mol. The summed E-state index contributed by atoms with van der Waals surface area (Å²) in [4.78, 5) is 46.9. The SMILES string of the molecule is NC(=O)CN(CC(=O)O)C(=O)N1CCCNC(=O)C1. The van der Waals surface area contributed by atoms with Crippen molar-refractivity contribution in [1.29, 1.82) is 0 Å². The summed E-state index contributed by atoms with van der Waals surface area (Å²) >= 11 is 0. The van der Waals surface area contributed by atoms with Crippen molar-refractivity contribution in [3.05, 3.63) is 0 Å². The Labute approximate surface area is 109 Å². The van der Waals surface area contributed by atoms with E-state index in [1.54, 1.807) is 0 Å². The number of aliphatic carboxylic acids is 1. The first-order valence-electron chi connectivity index (χ1n) is 5.71. The molecule has 1 rings (SSSR count). The van der Waals surface area contributed by atoms with Gasteiger partial charge in [0.1, 0.15) is 19.6 Å². The number of hydrogen-bond donors (Lipinski definition) is 3. The molecule has 0 aromatic rings. The number of nitrogens with zero attached hydrogens (tertiary/aromatic N) is 2. The van der Waals surface area contributed by atoms with E-state index < -0.39 is 31.0 Å². The molecule has 0 radical (unpaired) electrons. The van der Waals surface area contributed by atoms with E-state index in [1.807, 2.05) is 0 Å². The Bertz CT molecular complexity index is 381. The van der Waals surface area contributed by atoms with Gasteiger partial charge < -0.3 is 26.0 Å². The van der Waals surface area contributed by atoms with Gasteiger partial charge in [-0.15, -0.1) is 0 Å². The smallest absolute Gasteiger partial charge is 0.323 e. The fourth-order valence-corrected chi connectivity index (χ4v) is 1.71. The highest BCUT2D eigenvalue weighted by molar-refractivity contribution is 5.88. The van der Waals surface area contributed by atoms with Gasteiger partial charge in [0.2, 0.25) is 11.8 Å². The Hall–Kier alpha value is -2.32. The molecular formula is C10H16N4O5. The molecule has 0 aliphatic carbocycles. The van der Waals surface area contributed by atoms with Crippen LogP contribution in [0.2, 0.25) is 0 Å². The van der Waals surface area contributed by atoms with Gasteiger partial charge >= 0.3 is 12.0 Å². The van der Waals surface area contributed by atoms with Crippen molar-refractivity contribution in [2.75, 3.05) is 32.7 Å². The lowest BCUT2D eigenvalue weighted by molar-refractivity contribution is -0.138. The number of rotatable bonds is 4. The second kappa shape index (κ2) is 6.57. The number of nitrogens with one attached hydrogen (secondary N) is 1. The largest absolute Gasteiger partial charge is 0.480 e. The fraction of sp³-hybridized carbons (Fsp3) is 0.600. The van der Waals surface area contributed by atoms with E-state index in [-0.39, 0.29) is 12.5 Å². The van der Waals surface area contributed by atoms with Crippen LogP contribution >= 0.6 is 0 Å². The van der Waals surface area contributed by atoms with Crippen molar-refractivity contribution >= 4 is 23.8 Å². The van der Waals surface area contributed by atoms with E-state index in [0.717, 1.165) is 4.90 Å². The first-order valence-corrected chi connectivity index (χ1v) is 5.71. The van der Waals surface area contributed by atoms with Crippen molar-refractivity contribution < 1.29 is 24.3 Å². The minimum atomic E-state index is -1.26. The number of carboxylic acids is 1. The first kappa shape index (κ1) is 14.7. The molecule has 0 spiro atoms. The Kier molecular flexibility index (Phi) is 5.10. The third kappa shape index (κ3) is 4.82. The zero-order valence-corrected chi connectivity index (χ0v) is 10.3. The molecule has 1 aliphatic heterocycles. The molecule has 106 valence electrons. The van der Waals surface area contributed by atoms with Crippen molar-refractivity contribution in [2.45, 2.75) is 6.42 Å². The average Bonchev–Trinajstić information content (AvgIpc) is 2.50. The summed E-state index contributed by atoms with van der Waals surface area (Å²) in [5, 5.41) is 11.3. The molecular weight excluding hydrogens is 256 g/mol. The van der Waals surface area contributed by atoms with E-state index >= 15 is 0 Å². The lowest BCUT2D eigenvalue weighted by atomic mass is 10.4. The maximum absolute atomic E-state index is 12.1. The van der Waals surface area contributed by atoms with Gasteiger partial charge in [-0.2, -0.15) is 0 Å². The zero-order chi connectivity index (χ0) is 14.4. The Balaban J connectivity index is 2.75. The van der Waals surface area contributed by atoms with E-state index in [1.165, 1.54) is 4.90 Å². The van der Waals surface area contributed by atoms with Gasteiger partial charge in [0.25, 0.3) is 0 Å². The van der Waals surface area contributed by atoms with Gasteiger partial charge in [-0.05, 0) is 6.42 Å². The summed E-state index contributed by atoms with van der Waals surface area (Å²) < 4.78 is 0. The van der Waals surface area contributed by atoms with Gasteiger partial charge in [-0.1, -0.05) is 0 Å². The summed E-state index contributed by atoms with van der Waals surface area (Å²) in [6.45, 7) is -0.527. The normalized spacial score (nSPS) is 15.4. The zero-order valence-electron chi connectivity index (χ0n) is 10.3. The summed E-state index contributed by atoms with van der Waals surface area (Å²) in [7, 11) is 0. The number of hydrogen-bond acceptors (Lipinski definition) is 4. The summed E-state index contributed by atoms with van der Waals surface area (Å²) in [6, 6.07) is -0.682. The van der Waals surface area contributed by atoms with Crippen LogP contribution in [0.15, 0.2) is 0 Å². The second-order valence-corrected chi connectivity index (χ2v) is 4.12. The Morgan fingerprint density at radius 1 is 1.37 bits per heavy atom. The monoisotopic (exact) mass is 272 g/mol. The van der Waals surface area contributed by atoms with E-state index in [0.29, 0.717) is 19.5 Å². The summed E-state index contributed by atoms with van der Waals surface area (Å²) in [5.41, 5.74) is 4.97. The van der Waals surface area contributed by atoms with E-state index in [4.69, 9.17) is 10.8 Å². The highest BCUT2D eigenvalue weighted by Crippen LogP contribution is 2.03.